The van der Waals surface area contributed by atoms with Gasteiger partial charge >= 0.3 is 0 Å². The van der Waals surface area contributed by atoms with Crippen molar-refractivity contribution in [2.45, 2.75) is 61.8 Å². The van der Waals surface area contributed by atoms with Crippen LogP contribution in [0.15, 0.2) is 75.4 Å². The van der Waals surface area contributed by atoms with E-state index in [1.807, 2.05) is 30.3 Å². The highest BCUT2D eigenvalue weighted by Crippen LogP contribution is 2.44. The summed E-state index contributed by atoms with van der Waals surface area (Å²) >= 11 is 1.51. The summed E-state index contributed by atoms with van der Waals surface area (Å²) in [5.74, 6) is 0.0837. The molecule has 0 aliphatic carbocycles. The van der Waals surface area contributed by atoms with Gasteiger partial charge in [0.2, 0.25) is 0 Å². The van der Waals surface area contributed by atoms with E-state index in [9.17, 15) is 10.1 Å². The Labute approximate surface area is 210 Å². The highest BCUT2D eigenvalue weighted by atomic mass is 32.2. The van der Waals surface area contributed by atoms with Gasteiger partial charge in [0.05, 0.1) is 10.6 Å². The molecule has 0 saturated carbocycles. The number of benzene rings is 3. The minimum absolute atomic E-state index is 0.00129. The third-order valence-corrected chi connectivity index (χ3v) is 7.44. The van der Waals surface area contributed by atoms with Gasteiger partial charge in [0.15, 0.2) is 0 Å². The predicted octanol–water partition coefficient (Wildman–Crippen LogP) is 8.14. The Kier molecular flexibility index (Phi) is 7.26. The third-order valence-electron chi connectivity index (χ3n) is 6.42. The van der Waals surface area contributed by atoms with E-state index in [-0.39, 0.29) is 17.0 Å². The molecule has 1 aliphatic rings. The van der Waals surface area contributed by atoms with Crippen molar-refractivity contribution in [3.05, 3.63) is 87.7 Å². The van der Waals surface area contributed by atoms with E-state index in [0.717, 1.165) is 40.6 Å². The Hall–Kier alpha value is -3.19. The topological polar surface area (TPSA) is 58.7 Å². The average Bonchev–Trinajstić information content (AvgIpc) is 2.81. The summed E-state index contributed by atoms with van der Waals surface area (Å²) in [5.41, 5.74) is 3.48. The second kappa shape index (κ2) is 10.2. The van der Waals surface area contributed by atoms with E-state index in [0.29, 0.717) is 11.5 Å². The number of nitro groups is 1. The minimum atomic E-state index is -0.407. The molecule has 0 N–H and O–H groups in total. The molecule has 3 aromatic rings. The largest absolute Gasteiger partial charge is 0.366 e. The van der Waals surface area contributed by atoms with Crippen molar-refractivity contribution >= 4 is 35.0 Å². The molecular formula is C28H30FN3O2S. The Morgan fingerprint density at radius 3 is 2.37 bits per heavy atom. The van der Waals surface area contributed by atoms with Crippen LogP contribution in [0, 0.1) is 15.9 Å². The van der Waals surface area contributed by atoms with Gasteiger partial charge in [-0.15, -0.1) is 0 Å². The molecule has 1 heterocycles. The quantitative estimate of drug-likeness (QED) is 0.190. The fourth-order valence-electron chi connectivity index (χ4n) is 4.78. The number of anilines is 1. The van der Waals surface area contributed by atoms with E-state index >= 15 is 4.39 Å². The van der Waals surface area contributed by atoms with Crippen molar-refractivity contribution in [3.8, 4) is 0 Å². The van der Waals surface area contributed by atoms with Gasteiger partial charge in [-0.3, -0.25) is 15.1 Å². The molecule has 0 radical (unpaired) electrons. The molecule has 4 rings (SSSR count). The van der Waals surface area contributed by atoms with Crippen LogP contribution in [0.5, 0.6) is 0 Å². The van der Waals surface area contributed by atoms with Crippen LogP contribution in [0.2, 0.25) is 0 Å². The highest BCUT2D eigenvalue weighted by Gasteiger charge is 2.36. The second-order valence-electron chi connectivity index (χ2n) is 9.61. The van der Waals surface area contributed by atoms with E-state index < -0.39 is 4.92 Å². The van der Waals surface area contributed by atoms with Gasteiger partial charge in [0, 0.05) is 51.5 Å². The molecule has 5 nitrogen and oxygen atoms in total. The number of halogens is 1. The predicted molar refractivity (Wildman–Crippen MR) is 142 cm³/mol. The molecule has 0 spiro atoms. The maximum Gasteiger partial charge on any atom is 0.269 e. The molecule has 182 valence electrons. The van der Waals surface area contributed by atoms with Crippen molar-refractivity contribution in [2.75, 3.05) is 11.4 Å². The third kappa shape index (κ3) is 5.56. The number of aliphatic imine (C=N–C) groups is 1. The summed E-state index contributed by atoms with van der Waals surface area (Å²) < 4.78 is 15.1. The van der Waals surface area contributed by atoms with Crippen LogP contribution in [0.4, 0.5) is 21.5 Å². The molecule has 1 aliphatic heterocycles. The lowest BCUT2D eigenvalue weighted by atomic mass is 9.79. The summed E-state index contributed by atoms with van der Waals surface area (Å²) in [6.45, 7) is 9.74. The van der Waals surface area contributed by atoms with E-state index in [1.54, 1.807) is 24.4 Å². The summed E-state index contributed by atoms with van der Waals surface area (Å²) in [7, 11) is 0. The second-order valence-corrected chi connectivity index (χ2v) is 10.8. The number of nitrogens with zero attached hydrogens (tertiary/aromatic N) is 3. The van der Waals surface area contributed by atoms with Gasteiger partial charge in [-0.05, 0) is 86.7 Å². The minimum Gasteiger partial charge on any atom is -0.366 e. The van der Waals surface area contributed by atoms with Gasteiger partial charge in [-0.25, -0.2) is 4.39 Å². The number of fused-ring (bicyclic) bond motifs is 1. The van der Waals surface area contributed by atoms with Crippen LogP contribution in [-0.2, 0) is 0 Å². The maximum atomic E-state index is 15.1. The summed E-state index contributed by atoms with van der Waals surface area (Å²) in [4.78, 5) is 19.2. The first-order valence-corrected chi connectivity index (χ1v) is 12.7. The van der Waals surface area contributed by atoms with Crippen LogP contribution in [0.25, 0.3) is 0 Å². The SMILES string of the molecule is CCCN1c2cc(F)c(C=Nc3ccc(Sc4ccc([N+](=O)[O-])cc4)cc3)cc2C(C)CC1(C)C. The maximum absolute atomic E-state index is 15.1. The normalized spacial score (nSPS) is 16.9. The Morgan fingerprint density at radius 1 is 1.14 bits per heavy atom. The molecule has 0 amide bonds. The molecule has 0 aromatic heterocycles. The van der Waals surface area contributed by atoms with Gasteiger partial charge in [0.25, 0.3) is 5.69 Å². The molecule has 1 unspecified atom stereocenters. The average molecular weight is 492 g/mol. The van der Waals surface area contributed by atoms with Crippen molar-refractivity contribution in [2.24, 2.45) is 4.99 Å². The number of nitro benzene ring substituents is 1. The lowest BCUT2D eigenvalue weighted by Crippen LogP contribution is -2.48. The summed E-state index contributed by atoms with van der Waals surface area (Å²) in [6.07, 6.45) is 3.64. The number of hydrogen-bond donors (Lipinski definition) is 0. The van der Waals surface area contributed by atoms with E-state index in [2.05, 4.69) is 37.6 Å². The van der Waals surface area contributed by atoms with Crippen molar-refractivity contribution in [1.29, 1.82) is 0 Å². The molecule has 0 fully saturated rings. The fraction of sp³-hybridized carbons (Fsp3) is 0.321. The van der Waals surface area contributed by atoms with Gasteiger partial charge < -0.3 is 4.90 Å². The molecule has 7 heteroatoms. The smallest absolute Gasteiger partial charge is 0.269 e. The first kappa shape index (κ1) is 24.9. The first-order valence-electron chi connectivity index (χ1n) is 11.9. The fourth-order valence-corrected chi connectivity index (χ4v) is 5.60. The standard InChI is InChI=1S/C28H30FN3O2S/c1-5-14-31-27-16-26(29)20(15-25(27)19(2)17-28(31,3)4)18-30-21-6-10-23(11-7-21)35-24-12-8-22(9-13-24)32(33)34/h6-13,15-16,18-19H,5,14,17H2,1-4H3. The molecule has 35 heavy (non-hydrogen) atoms. The molecule has 1 atom stereocenters. The number of non-ortho nitro benzene ring substituents is 1. The summed E-state index contributed by atoms with van der Waals surface area (Å²) in [5, 5.41) is 10.8. The summed E-state index contributed by atoms with van der Waals surface area (Å²) in [6, 6.07) is 17.7. The Balaban J connectivity index is 1.51. The van der Waals surface area contributed by atoms with Crippen LogP contribution in [-0.4, -0.2) is 23.2 Å². The highest BCUT2D eigenvalue weighted by molar-refractivity contribution is 7.99. The first-order chi connectivity index (χ1) is 16.7. The van der Waals surface area contributed by atoms with E-state index in [1.165, 1.54) is 29.5 Å². The number of hydrogen-bond acceptors (Lipinski definition) is 5. The van der Waals surface area contributed by atoms with Crippen LogP contribution >= 0.6 is 11.8 Å². The Bertz CT molecular complexity index is 1240. The number of rotatable bonds is 7. The molecular weight excluding hydrogens is 461 g/mol. The zero-order chi connectivity index (χ0) is 25.2. The van der Waals surface area contributed by atoms with Gasteiger partial charge in [-0.2, -0.15) is 0 Å². The zero-order valence-electron chi connectivity index (χ0n) is 20.5. The lowest BCUT2D eigenvalue weighted by Gasteiger charge is -2.47. The van der Waals surface area contributed by atoms with Crippen LogP contribution in [0.3, 0.4) is 0 Å². The Morgan fingerprint density at radius 2 is 1.77 bits per heavy atom. The zero-order valence-corrected chi connectivity index (χ0v) is 21.3. The molecule has 0 bridgehead atoms. The van der Waals surface area contributed by atoms with Crippen molar-refractivity contribution < 1.29 is 9.31 Å². The van der Waals surface area contributed by atoms with Gasteiger partial charge in [-0.1, -0.05) is 25.6 Å². The monoisotopic (exact) mass is 491 g/mol. The molecule has 0 saturated heterocycles. The van der Waals surface area contributed by atoms with Crippen molar-refractivity contribution in [3.63, 3.8) is 0 Å². The lowest BCUT2D eigenvalue weighted by molar-refractivity contribution is -0.384. The van der Waals surface area contributed by atoms with E-state index in [4.69, 9.17) is 0 Å². The van der Waals surface area contributed by atoms with Crippen molar-refractivity contribution in [1.82, 2.24) is 0 Å². The van der Waals surface area contributed by atoms with Gasteiger partial charge in [0.1, 0.15) is 5.82 Å². The van der Waals surface area contributed by atoms with Crippen LogP contribution < -0.4 is 4.90 Å². The van der Waals surface area contributed by atoms with Crippen LogP contribution in [0.1, 0.15) is 57.6 Å². The molecule has 3 aromatic carbocycles.